The van der Waals surface area contributed by atoms with Crippen molar-refractivity contribution in [3.8, 4) is 0 Å². The SMILES string of the molecule is O=C(CSc1cc(Br)nc(C2CC2)n1)N1CCCC1. The minimum absolute atomic E-state index is 0.227. The van der Waals surface area contributed by atoms with Crippen molar-refractivity contribution in [2.45, 2.75) is 36.6 Å². The van der Waals surface area contributed by atoms with Crippen LogP contribution >= 0.6 is 27.7 Å². The van der Waals surface area contributed by atoms with Gasteiger partial charge in [0.15, 0.2) is 0 Å². The molecular formula is C13H16BrN3OS. The summed E-state index contributed by atoms with van der Waals surface area (Å²) in [6, 6.07) is 1.90. The summed E-state index contributed by atoms with van der Waals surface area (Å²) in [6.45, 7) is 1.83. The zero-order chi connectivity index (χ0) is 13.2. The van der Waals surface area contributed by atoms with Gasteiger partial charge in [-0.2, -0.15) is 0 Å². The Kier molecular flexibility index (Phi) is 4.07. The van der Waals surface area contributed by atoms with Gasteiger partial charge in [-0.05, 0) is 41.6 Å². The molecule has 0 atom stereocenters. The average Bonchev–Trinajstić information content (AvgIpc) is 3.11. The number of likely N-dealkylation sites (tertiary alicyclic amines) is 1. The molecule has 4 nitrogen and oxygen atoms in total. The Hall–Kier alpha value is -0.620. The predicted molar refractivity (Wildman–Crippen MR) is 78.2 cm³/mol. The summed E-state index contributed by atoms with van der Waals surface area (Å²) in [5, 5.41) is 0.899. The van der Waals surface area contributed by atoms with Gasteiger partial charge in [-0.25, -0.2) is 9.97 Å². The topological polar surface area (TPSA) is 46.1 Å². The van der Waals surface area contributed by atoms with Crippen molar-refractivity contribution in [2.75, 3.05) is 18.8 Å². The highest BCUT2D eigenvalue weighted by atomic mass is 79.9. The summed E-state index contributed by atoms with van der Waals surface area (Å²) in [5.74, 6) is 2.16. The highest BCUT2D eigenvalue weighted by Gasteiger charge is 2.27. The standard InChI is InChI=1S/C13H16BrN3OS/c14-10-7-11(16-13(15-10)9-3-4-9)19-8-12(18)17-5-1-2-6-17/h7,9H,1-6,8H2. The Labute approximate surface area is 125 Å². The van der Waals surface area contributed by atoms with Crippen LogP contribution in [0.4, 0.5) is 0 Å². The van der Waals surface area contributed by atoms with Crippen molar-refractivity contribution in [1.29, 1.82) is 0 Å². The van der Waals surface area contributed by atoms with E-state index in [0.29, 0.717) is 11.7 Å². The van der Waals surface area contributed by atoms with E-state index in [-0.39, 0.29) is 5.91 Å². The number of thioether (sulfide) groups is 1. The molecule has 1 saturated heterocycles. The van der Waals surface area contributed by atoms with Crippen molar-refractivity contribution in [1.82, 2.24) is 14.9 Å². The van der Waals surface area contributed by atoms with Crippen LogP contribution in [0.3, 0.4) is 0 Å². The number of hydrogen-bond acceptors (Lipinski definition) is 4. The van der Waals surface area contributed by atoms with E-state index < -0.39 is 0 Å². The number of hydrogen-bond donors (Lipinski definition) is 0. The van der Waals surface area contributed by atoms with Gasteiger partial charge >= 0.3 is 0 Å². The molecule has 1 aromatic rings. The number of amides is 1. The Morgan fingerprint density at radius 2 is 2.11 bits per heavy atom. The molecule has 2 aliphatic rings. The lowest BCUT2D eigenvalue weighted by molar-refractivity contribution is -0.127. The van der Waals surface area contributed by atoms with Crippen molar-refractivity contribution < 1.29 is 4.79 Å². The first-order valence-corrected chi connectivity index (χ1v) is 8.45. The highest BCUT2D eigenvalue weighted by Crippen LogP contribution is 2.39. The minimum atomic E-state index is 0.227. The number of rotatable bonds is 4. The normalized spacial score (nSPS) is 18.9. The summed E-state index contributed by atoms with van der Waals surface area (Å²) in [5.41, 5.74) is 0. The van der Waals surface area contributed by atoms with Crippen LogP contribution in [0.1, 0.15) is 37.4 Å². The van der Waals surface area contributed by atoms with Gasteiger partial charge in [0, 0.05) is 25.1 Å². The van der Waals surface area contributed by atoms with Crippen LogP contribution in [0.5, 0.6) is 0 Å². The number of carbonyl (C=O) groups excluding carboxylic acids is 1. The highest BCUT2D eigenvalue weighted by molar-refractivity contribution is 9.10. The fourth-order valence-electron chi connectivity index (χ4n) is 2.21. The van der Waals surface area contributed by atoms with E-state index in [2.05, 4.69) is 25.9 Å². The van der Waals surface area contributed by atoms with Crippen molar-refractivity contribution in [2.24, 2.45) is 0 Å². The Balaban J connectivity index is 1.61. The van der Waals surface area contributed by atoms with Gasteiger partial charge in [0.25, 0.3) is 0 Å². The molecule has 0 aromatic carbocycles. The van der Waals surface area contributed by atoms with E-state index in [4.69, 9.17) is 0 Å². The number of nitrogens with zero attached hydrogens (tertiary/aromatic N) is 3. The second-order valence-corrected chi connectivity index (χ2v) is 6.85. The molecule has 1 amide bonds. The average molecular weight is 342 g/mol. The Morgan fingerprint density at radius 3 is 2.79 bits per heavy atom. The largest absolute Gasteiger partial charge is 0.342 e. The zero-order valence-electron chi connectivity index (χ0n) is 10.6. The van der Waals surface area contributed by atoms with Crippen LogP contribution in [0.2, 0.25) is 0 Å². The molecule has 3 rings (SSSR count). The third-order valence-electron chi connectivity index (χ3n) is 3.43. The van der Waals surface area contributed by atoms with Crippen molar-refractivity contribution >= 4 is 33.6 Å². The van der Waals surface area contributed by atoms with E-state index in [1.54, 1.807) is 0 Å². The zero-order valence-corrected chi connectivity index (χ0v) is 13.0. The van der Waals surface area contributed by atoms with Crippen molar-refractivity contribution in [3.05, 3.63) is 16.5 Å². The smallest absolute Gasteiger partial charge is 0.232 e. The van der Waals surface area contributed by atoms with E-state index >= 15 is 0 Å². The van der Waals surface area contributed by atoms with Crippen LogP contribution in [0.25, 0.3) is 0 Å². The summed E-state index contributed by atoms with van der Waals surface area (Å²) < 4.78 is 0.820. The van der Waals surface area contributed by atoms with Crippen LogP contribution in [0.15, 0.2) is 15.7 Å². The molecule has 19 heavy (non-hydrogen) atoms. The second-order valence-electron chi connectivity index (χ2n) is 5.04. The predicted octanol–water partition coefficient (Wildman–Crippen LogP) is 2.83. The molecule has 0 spiro atoms. The molecule has 1 aliphatic carbocycles. The Morgan fingerprint density at radius 1 is 1.37 bits per heavy atom. The summed E-state index contributed by atoms with van der Waals surface area (Å²) in [6.07, 6.45) is 4.66. The van der Waals surface area contributed by atoms with E-state index in [1.165, 1.54) is 24.6 Å². The molecule has 0 unspecified atom stereocenters. The lowest BCUT2D eigenvalue weighted by Gasteiger charge is -2.14. The van der Waals surface area contributed by atoms with E-state index in [0.717, 1.165) is 41.4 Å². The van der Waals surface area contributed by atoms with Gasteiger partial charge in [0.2, 0.25) is 5.91 Å². The summed E-state index contributed by atoms with van der Waals surface area (Å²) >= 11 is 4.94. The number of aromatic nitrogens is 2. The van der Waals surface area contributed by atoms with Gasteiger partial charge < -0.3 is 4.90 Å². The van der Waals surface area contributed by atoms with Crippen LogP contribution in [0, 0.1) is 0 Å². The summed E-state index contributed by atoms with van der Waals surface area (Å²) in [4.78, 5) is 22.9. The molecule has 0 radical (unpaired) electrons. The third-order valence-corrected chi connectivity index (χ3v) is 4.74. The molecule has 102 valence electrons. The van der Waals surface area contributed by atoms with E-state index in [1.807, 2.05) is 11.0 Å². The monoisotopic (exact) mass is 341 g/mol. The molecular weight excluding hydrogens is 326 g/mol. The fraction of sp³-hybridized carbons (Fsp3) is 0.615. The Bertz CT molecular complexity index is 487. The molecule has 2 fully saturated rings. The minimum Gasteiger partial charge on any atom is -0.342 e. The second kappa shape index (κ2) is 5.79. The summed E-state index contributed by atoms with van der Waals surface area (Å²) in [7, 11) is 0. The fourth-order valence-corrected chi connectivity index (χ4v) is 3.56. The molecule has 1 saturated carbocycles. The van der Waals surface area contributed by atoms with Gasteiger partial charge in [-0.15, -0.1) is 0 Å². The van der Waals surface area contributed by atoms with Gasteiger partial charge in [0.1, 0.15) is 15.5 Å². The quantitative estimate of drug-likeness (QED) is 0.624. The van der Waals surface area contributed by atoms with Gasteiger partial charge in [-0.3, -0.25) is 4.79 Å². The van der Waals surface area contributed by atoms with Crippen LogP contribution in [-0.2, 0) is 4.79 Å². The van der Waals surface area contributed by atoms with E-state index in [9.17, 15) is 4.79 Å². The first-order chi connectivity index (χ1) is 9.22. The maximum absolute atomic E-state index is 12.0. The maximum atomic E-state index is 12.0. The molecule has 0 N–H and O–H groups in total. The first-order valence-electron chi connectivity index (χ1n) is 6.67. The lowest BCUT2D eigenvalue weighted by Crippen LogP contribution is -2.29. The van der Waals surface area contributed by atoms with Crippen LogP contribution in [-0.4, -0.2) is 39.6 Å². The van der Waals surface area contributed by atoms with Gasteiger partial charge in [0.05, 0.1) is 5.75 Å². The van der Waals surface area contributed by atoms with Crippen LogP contribution < -0.4 is 0 Å². The molecule has 1 aliphatic heterocycles. The molecule has 1 aromatic heterocycles. The molecule has 2 heterocycles. The molecule has 6 heteroatoms. The van der Waals surface area contributed by atoms with Gasteiger partial charge in [-0.1, -0.05) is 11.8 Å². The lowest BCUT2D eigenvalue weighted by atomic mass is 10.4. The number of carbonyl (C=O) groups is 1. The third kappa shape index (κ3) is 3.48. The maximum Gasteiger partial charge on any atom is 0.232 e. The molecule has 0 bridgehead atoms. The first kappa shape index (κ1) is 13.4. The number of halogens is 1. The van der Waals surface area contributed by atoms with Crippen molar-refractivity contribution in [3.63, 3.8) is 0 Å².